The van der Waals surface area contributed by atoms with E-state index in [1.54, 1.807) is 29.2 Å². The highest BCUT2D eigenvalue weighted by Gasteiger charge is 2.53. The van der Waals surface area contributed by atoms with E-state index < -0.39 is 30.2 Å². The molecule has 1 unspecified atom stereocenters. The zero-order chi connectivity index (χ0) is 27.9. The first-order valence-corrected chi connectivity index (χ1v) is 12.1. The molecule has 0 spiro atoms. The van der Waals surface area contributed by atoms with Crippen LogP contribution in [0.4, 0.5) is 24.7 Å². The first-order valence-electron chi connectivity index (χ1n) is 12.1. The van der Waals surface area contributed by atoms with E-state index in [4.69, 9.17) is 20.9 Å². The van der Waals surface area contributed by atoms with Gasteiger partial charge in [-0.25, -0.2) is 23.3 Å². The molecule has 2 saturated heterocycles. The smallest absolute Gasteiger partial charge is 0.283 e. The lowest BCUT2D eigenvalue weighted by atomic mass is 10.1. The van der Waals surface area contributed by atoms with Crippen molar-refractivity contribution in [3.63, 3.8) is 0 Å². The second-order valence-corrected chi connectivity index (χ2v) is 9.46. The largest absolute Gasteiger partial charge is 0.743 e. The van der Waals surface area contributed by atoms with Gasteiger partial charge < -0.3 is 31.3 Å². The summed E-state index contributed by atoms with van der Waals surface area (Å²) in [5.74, 6) is -4.66. The van der Waals surface area contributed by atoms with Crippen LogP contribution in [-0.2, 0) is 11.3 Å². The highest BCUT2D eigenvalue weighted by atomic mass is 19.3. The first-order chi connectivity index (χ1) is 18.6. The molecule has 208 valence electrons. The predicted octanol–water partition coefficient (Wildman–Crippen LogP) is 2.28. The summed E-state index contributed by atoms with van der Waals surface area (Å²) in [5, 5.41) is 17.2. The average Bonchev–Trinajstić information content (AvgIpc) is 3.36. The SMILES string of the molecule is COc1ccc(F)cc1N([O-])NCc1ccc(-c2nn(C3CN(C4COC4)CC3(F)F)c(N)c2C(N)=O)cc1. The Hall–Kier alpha value is -3.85. The molecule has 2 fully saturated rings. The second-order valence-electron chi connectivity index (χ2n) is 9.46. The number of hydrogen-bond donors (Lipinski definition) is 3. The van der Waals surface area contributed by atoms with E-state index in [1.807, 2.05) is 0 Å². The summed E-state index contributed by atoms with van der Waals surface area (Å²) in [6, 6.07) is 8.61. The van der Waals surface area contributed by atoms with E-state index in [0.717, 1.165) is 10.7 Å². The zero-order valence-corrected chi connectivity index (χ0v) is 20.9. The fourth-order valence-corrected chi connectivity index (χ4v) is 4.75. The number of likely N-dealkylation sites (tertiary alicyclic amines) is 1. The number of nitrogens with zero attached hydrogens (tertiary/aromatic N) is 4. The maximum absolute atomic E-state index is 15.0. The third-order valence-corrected chi connectivity index (χ3v) is 6.95. The van der Waals surface area contributed by atoms with Crippen LogP contribution in [0, 0.1) is 11.0 Å². The van der Waals surface area contributed by atoms with E-state index in [-0.39, 0.29) is 47.6 Å². The molecular weight excluding hydrogens is 519 g/mol. The van der Waals surface area contributed by atoms with Crippen LogP contribution < -0.4 is 26.8 Å². The number of anilines is 2. The molecule has 2 aliphatic heterocycles. The van der Waals surface area contributed by atoms with Crippen molar-refractivity contribution in [2.45, 2.75) is 24.6 Å². The number of aromatic nitrogens is 2. The van der Waals surface area contributed by atoms with Gasteiger partial charge in [0, 0.05) is 24.7 Å². The maximum Gasteiger partial charge on any atom is 0.283 e. The number of primary amides is 1. The Kier molecular flexibility index (Phi) is 7.11. The van der Waals surface area contributed by atoms with Crippen LogP contribution in [0.3, 0.4) is 0 Å². The number of amides is 1. The van der Waals surface area contributed by atoms with Crippen molar-refractivity contribution >= 4 is 17.4 Å². The average molecular weight is 547 g/mol. The number of rotatable bonds is 9. The number of nitrogens with two attached hydrogens (primary N) is 2. The Morgan fingerprint density at radius 1 is 1.28 bits per heavy atom. The van der Waals surface area contributed by atoms with Gasteiger partial charge in [-0.2, -0.15) is 5.10 Å². The van der Waals surface area contributed by atoms with Crippen molar-refractivity contribution in [1.82, 2.24) is 20.1 Å². The second kappa shape index (κ2) is 10.4. The number of carbonyl (C=O) groups excluding carboxylic acids is 1. The molecule has 0 radical (unpaired) electrons. The fraction of sp³-hybridized carbons (Fsp3) is 0.360. The van der Waals surface area contributed by atoms with E-state index in [1.165, 1.54) is 19.2 Å². The minimum Gasteiger partial charge on any atom is -0.743 e. The number of halogens is 3. The molecule has 5 N–H and O–H groups in total. The van der Waals surface area contributed by atoms with Crippen LogP contribution in [0.25, 0.3) is 11.3 Å². The lowest BCUT2D eigenvalue weighted by molar-refractivity contribution is -0.0728. The molecule has 0 saturated carbocycles. The molecule has 5 rings (SSSR count). The van der Waals surface area contributed by atoms with Crippen LogP contribution in [0.1, 0.15) is 22.0 Å². The third-order valence-electron chi connectivity index (χ3n) is 6.95. The van der Waals surface area contributed by atoms with Gasteiger partial charge in [0.15, 0.2) is 0 Å². The molecule has 3 aromatic rings. The summed E-state index contributed by atoms with van der Waals surface area (Å²) >= 11 is 0. The molecule has 1 amide bonds. The number of nitrogens with one attached hydrogen (secondary N) is 1. The lowest BCUT2D eigenvalue weighted by Crippen LogP contribution is -2.48. The van der Waals surface area contributed by atoms with Gasteiger partial charge in [0.2, 0.25) is 0 Å². The number of nitrogen functional groups attached to an aromatic ring is 1. The van der Waals surface area contributed by atoms with Crippen molar-refractivity contribution in [1.29, 1.82) is 0 Å². The summed E-state index contributed by atoms with van der Waals surface area (Å²) in [7, 11) is 1.37. The van der Waals surface area contributed by atoms with E-state index in [0.29, 0.717) is 29.5 Å². The van der Waals surface area contributed by atoms with Crippen LogP contribution in [-0.4, -0.2) is 66.0 Å². The van der Waals surface area contributed by atoms with Crippen LogP contribution in [0.2, 0.25) is 0 Å². The molecule has 39 heavy (non-hydrogen) atoms. The summed E-state index contributed by atoms with van der Waals surface area (Å²) < 4.78 is 54.8. The minimum atomic E-state index is -3.13. The van der Waals surface area contributed by atoms with Gasteiger partial charge in [-0.05, 0) is 17.7 Å². The van der Waals surface area contributed by atoms with E-state index >= 15 is 8.78 Å². The van der Waals surface area contributed by atoms with Gasteiger partial charge in [0.1, 0.15) is 34.7 Å². The number of methoxy groups -OCH3 is 1. The van der Waals surface area contributed by atoms with Crippen molar-refractivity contribution < 1.29 is 27.4 Å². The number of hydrogen-bond acceptors (Lipinski definition) is 9. The zero-order valence-electron chi connectivity index (χ0n) is 20.9. The van der Waals surface area contributed by atoms with Crippen LogP contribution in [0.5, 0.6) is 5.75 Å². The lowest BCUT2D eigenvalue weighted by Gasteiger charge is -2.34. The van der Waals surface area contributed by atoms with Gasteiger partial charge in [0.25, 0.3) is 11.8 Å². The Labute approximate surface area is 221 Å². The van der Waals surface area contributed by atoms with Gasteiger partial charge in [0.05, 0.1) is 38.6 Å². The summed E-state index contributed by atoms with van der Waals surface area (Å²) in [6.07, 6.45) is 0. The molecular formula is C25H27F3N7O4-. The van der Waals surface area contributed by atoms with Gasteiger partial charge in [-0.15, -0.1) is 0 Å². The molecule has 1 atom stereocenters. The molecule has 0 aliphatic carbocycles. The highest BCUT2D eigenvalue weighted by molar-refractivity contribution is 6.03. The van der Waals surface area contributed by atoms with Crippen molar-refractivity contribution in [3.05, 3.63) is 64.6 Å². The number of carbonyl (C=O) groups is 1. The molecule has 2 aliphatic rings. The first kappa shape index (κ1) is 26.7. The molecule has 11 nitrogen and oxygen atoms in total. The molecule has 1 aromatic heterocycles. The Bertz CT molecular complexity index is 1360. The summed E-state index contributed by atoms with van der Waals surface area (Å²) in [6.45, 7) is 0.368. The van der Waals surface area contributed by atoms with Gasteiger partial charge in [-0.3, -0.25) is 9.69 Å². The van der Waals surface area contributed by atoms with Crippen molar-refractivity contribution in [2.24, 2.45) is 5.73 Å². The Morgan fingerprint density at radius 3 is 2.62 bits per heavy atom. The molecule has 2 aromatic carbocycles. The monoisotopic (exact) mass is 546 g/mol. The van der Waals surface area contributed by atoms with Crippen LogP contribution in [0.15, 0.2) is 42.5 Å². The highest BCUT2D eigenvalue weighted by Crippen LogP contribution is 2.41. The third kappa shape index (κ3) is 5.11. The van der Waals surface area contributed by atoms with Crippen LogP contribution >= 0.6 is 0 Å². The van der Waals surface area contributed by atoms with Gasteiger partial charge >= 0.3 is 0 Å². The molecule has 14 heteroatoms. The Morgan fingerprint density at radius 2 is 2.00 bits per heavy atom. The quantitative estimate of drug-likeness (QED) is 0.344. The Balaban J connectivity index is 1.35. The standard InChI is InChI=1S/C25H27F3N7O4/c1-38-19-7-6-16(26)8-18(19)35(37)31-9-14-2-4-15(5-3-14)22-21(24(30)36)23(29)34(32-22)20-10-33(13-25(20,27)28)17-11-39-12-17/h2-8,17,20,31H,9-13,29H2,1H3,(H2,30,36)/q-1. The number of alkyl halides is 2. The molecule has 0 bridgehead atoms. The topological polar surface area (TPSA) is 147 Å². The summed E-state index contributed by atoms with van der Waals surface area (Å²) in [4.78, 5) is 13.9. The van der Waals surface area contributed by atoms with E-state index in [2.05, 4.69) is 10.5 Å². The van der Waals surface area contributed by atoms with Crippen molar-refractivity contribution in [3.8, 4) is 17.0 Å². The number of ether oxygens (including phenoxy) is 2. The summed E-state index contributed by atoms with van der Waals surface area (Å²) in [5.41, 5.74) is 15.3. The van der Waals surface area contributed by atoms with Gasteiger partial charge in [-0.1, -0.05) is 24.3 Å². The number of hydrazine groups is 1. The van der Waals surface area contributed by atoms with Crippen molar-refractivity contribution in [2.75, 3.05) is 44.3 Å². The van der Waals surface area contributed by atoms with E-state index in [9.17, 15) is 14.4 Å². The maximum atomic E-state index is 15.0. The normalized spacial score (nSPS) is 19.2. The molecule has 3 heterocycles. The fourth-order valence-electron chi connectivity index (χ4n) is 4.75. The minimum absolute atomic E-state index is 0.00303. The number of benzene rings is 2. The predicted molar refractivity (Wildman–Crippen MR) is 136 cm³/mol.